The molecule has 1 rings (SSSR count). The SMILES string of the molecule is CCC(C)(C#N)CC(C)(CC1(C)CC(=O)OC1=O)C(=O)OC(C)(C)C. The molecule has 6 nitrogen and oxygen atoms in total. The topological polar surface area (TPSA) is 93.5 Å². The van der Waals surface area contributed by atoms with Crippen LogP contribution in [0.5, 0.6) is 0 Å². The van der Waals surface area contributed by atoms with E-state index >= 15 is 0 Å². The van der Waals surface area contributed by atoms with Gasteiger partial charge in [-0.2, -0.15) is 5.26 Å². The van der Waals surface area contributed by atoms with Crippen LogP contribution in [0, 0.1) is 27.6 Å². The summed E-state index contributed by atoms with van der Waals surface area (Å²) in [6.07, 6.45) is 0.817. The Hall–Kier alpha value is -1.90. The highest BCUT2D eigenvalue weighted by molar-refractivity contribution is 5.97. The number of carbonyl (C=O) groups is 3. The van der Waals surface area contributed by atoms with Gasteiger partial charge in [0, 0.05) is 0 Å². The Morgan fingerprint density at radius 3 is 2.20 bits per heavy atom. The Kier molecular flexibility index (Phi) is 5.73. The van der Waals surface area contributed by atoms with E-state index in [4.69, 9.17) is 9.47 Å². The predicted octanol–water partition coefficient (Wildman–Crippen LogP) is 3.53. The second-order valence-electron chi connectivity index (χ2n) is 8.94. The maximum atomic E-state index is 12.9. The number of ether oxygens (including phenoxy) is 2. The molecule has 0 N–H and O–H groups in total. The lowest BCUT2D eigenvalue weighted by Gasteiger charge is -2.39. The van der Waals surface area contributed by atoms with Crippen molar-refractivity contribution in [3.8, 4) is 6.07 Å². The van der Waals surface area contributed by atoms with E-state index in [2.05, 4.69) is 6.07 Å². The van der Waals surface area contributed by atoms with Crippen molar-refractivity contribution < 1.29 is 23.9 Å². The van der Waals surface area contributed by atoms with Gasteiger partial charge in [-0.05, 0) is 60.8 Å². The van der Waals surface area contributed by atoms with Gasteiger partial charge in [-0.3, -0.25) is 14.4 Å². The lowest BCUT2D eigenvalue weighted by atomic mass is 9.64. The summed E-state index contributed by atoms with van der Waals surface area (Å²) in [5, 5.41) is 9.53. The lowest BCUT2D eigenvalue weighted by molar-refractivity contribution is -0.171. The smallest absolute Gasteiger partial charge is 0.320 e. The first-order valence-corrected chi connectivity index (χ1v) is 8.58. The van der Waals surface area contributed by atoms with Gasteiger partial charge in [0.05, 0.1) is 28.7 Å². The number of hydrogen-bond donors (Lipinski definition) is 0. The Morgan fingerprint density at radius 2 is 1.84 bits per heavy atom. The Morgan fingerprint density at radius 1 is 1.28 bits per heavy atom. The van der Waals surface area contributed by atoms with Crippen molar-refractivity contribution in [1.29, 1.82) is 5.26 Å². The molecule has 3 atom stereocenters. The fraction of sp³-hybridized carbons (Fsp3) is 0.789. The number of rotatable bonds is 6. The number of hydrogen-bond acceptors (Lipinski definition) is 6. The molecule has 25 heavy (non-hydrogen) atoms. The van der Waals surface area contributed by atoms with Crippen LogP contribution in [-0.4, -0.2) is 23.5 Å². The molecular formula is C19H29NO5. The highest BCUT2D eigenvalue weighted by Gasteiger charge is 2.53. The molecule has 0 aromatic carbocycles. The summed E-state index contributed by atoms with van der Waals surface area (Å²) in [4.78, 5) is 36.6. The molecule has 1 heterocycles. The molecular weight excluding hydrogens is 322 g/mol. The van der Waals surface area contributed by atoms with E-state index in [1.807, 2.05) is 6.92 Å². The zero-order valence-electron chi connectivity index (χ0n) is 16.3. The first-order chi connectivity index (χ1) is 11.2. The van der Waals surface area contributed by atoms with Crippen molar-refractivity contribution in [1.82, 2.24) is 0 Å². The lowest BCUT2D eigenvalue weighted by Crippen LogP contribution is -2.43. The summed E-state index contributed by atoms with van der Waals surface area (Å²) >= 11 is 0. The van der Waals surface area contributed by atoms with E-state index in [-0.39, 0.29) is 19.3 Å². The molecule has 3 unspecified atom stereocenters. The van der Waals surface area contributed by atoms with Crippen LogP contribution < -0.4 is 0 Å². The van der Waals surface area contributed by atoms with E-state index in [1.165, 1.54) is 0 Å². The van der Waals surface area contributed by atoms with Crippen LogP contribution in [-0.2, 0) is 23.9 Å². The van der Waals surface area contributed by atoms with Crippen LogP contribution >= 0.6 is 0 Å². The van der Waals surface area contributed by atoms with Crippen molar-refractivity contribution in [2.45, 2.75) is 79.8 Å². The predicted molar refractivity (Wildman–Crippen MR) is 91.0 cm³/mol. The van der Waals surface area contributed by atoms with Crippen molar-refractivity contribution >= 4 is 17.9 Å². The molecule has 0 spiro atoms. The van der Waals surface area contributed by atoms with Gasteiger partial charge in [0.25, 0.3) is 0 Å². The summed E-state index contributed by atoms with van der Waals surface area (Å²) < 4.78 is 10.3. The minimum atomic E-state index is -1.09. The third-order valence-corrected chi connectivity index (χ3v) is 4.74. The third kappa shape index (κ3) is 5.04. The van der Waals surface area contributed by atoms with E-state index in [9.17, 15) is 19.6 Å². The highest BCUT2D eigenvalue weighted by atomic mass is 16.6. The Labute approximate surface area is 149 Å². The van der Waals surface area contributed by atoms with Crippen molar-refractivity contribution in [2.24, 2.45) is 16.2 Å². The minimum Gasteiger partial charge on any atom is -0.460 e. The number of esters is 3. The largest absolute Gasteiger partial charge is 0.460 e. The summed E-state index contributed by atoms with van der Waals surface area (Å²) in [5.41, 5.74) is -3.62. The maximum absolute atomic E-state index is 12.9. The van der Waals surface area contributed by atoms with Gasteiger partial charge in [0.2, 0.25) is 0 Å². The molecule has 0 saturated carbocycles. The molecule has 0 aliphatic carbocycles. The molecule has 1 fully saturated rings. The monoisotopic (exact) mass is 351 g/mol. The first kappa shape index (κ1) is 21.1. The van der Waals surface area contributed by atoms with E-state index in [0.717, 1.165) is 0 Å². The average molecular weight is 351 g/mol. The van der Waals surface area contributed by atoms with Crippen molar-refractivity contribution in [2.75, 3.05) is 0 Å². The van der Waals surface area contributed by atoms with Gasteiger partial charge >= 0.3 is 17.9 Å². The first-order valence-electron chi connectivity index (χ1n) is 8.58. The quantitative estimate of drug-likeness (QED) is 0.537. The maximum Gasteiger partial charge on any atom is 0.320 e. The van der Waals surface area contributed by atoms with E-state index in [1.54, 1.807) is 41.5 Å². The van der Waals surface area contributed by atoms with E-state index < -0.39 is 39.8 Å². The van der Waals surface area contributed by atoms with Gasteiger partial charge in [-0.1, -0.05) is 6.92 Å². The van der Waals surface area contributed by atoms with Gasteiger partial charge < -0.3 is 9.47 Å². The molecule has 0 aromatic rings. The molecule has 6 heteroatoms. The van der Waals surface area contributed by atoms with Gasteiger partial charge in [-0.15, -0.1) is 0 Å². The molecule has 1 saturated heterocycles. The summed E-state index contributed by atoms with van der Waals surface area (Å²) in [6, 6.07) is 2.27. The second kappa shape index (κ2) is 6.78. The second-order valence-corrected chi connectivity index (χ2v) is 8.94. The summed E-state index contributed by atoms with van der Waals surface area (Å²) in [5.74, 6) is -1.68. The Balaban J connectivity index is 3.23. The standard InChI is InChI=1S/C19H29NO5/c1-8-17(5,12-20)10-19(7,15(23)25-16(2,3)4)11-18(6)9-13(21)24-14(18)22/h8-11H2,1-7H3. The van der Waals surface area contributed by atoms with E-state index in [0.29, 0.717) is 6.42 Å². The fourth-order valence-electron chi connectivity index (χ4n) is 3.36. The summed E-state index contributed by atoms with van der Waals surface area (Å²) in [6.45, 7) is 12.3. The summed E-state index contributed by atoms with van der Waals surface area (Å²) in [7, 11) is 0. The number of carbonyl (C=O) groups excluding carboxylic acids is 3. The number of nitriles is 1. The molecule has 0 amide bonds. The zero-order chi connectivity index (χ0) is 19.7. The Bertz CT molecular complexity index is 614. The number of cyclic esters (lactones) is 2. The van der Waals surface area contributed by atoms with Crippen molar-refractivity contribution in [3.05, 3.63) is 0 Å². The molecule has 1 aliphatic heterocycles. The molecule has 1 aliphatic rings. The normalized spacial score (nSPS) is 25.5. The van der Waals surface area contributed by atoms with Crippen LogP contribution in [0.1, 0.15) is 74.1 Å². The van der Waals surface area contributed by atoms with Crippen LogP contribution in [0.15, 0.2) is 0 Å². The van der Waals surface area contributed by atoms with Gasteiger partial charge in [0.15, 0.2) is 0 Å². The zero-order valence-corrected chi connectivity index (χ0v) is 16.3. The highest BCUT2D eigenvalue weighted by Crippen LogP contribution is 2.48. The third-order valence-electron chi connectivity index (χ3n) is 4.74. The fourth-order valence-corrected chi connectivity index (χ4v) is 3.36. The van der Waals surface area contributed by atoms with Crippen LogP contribution in [0.2, 0.25) is 0 Å². The molecule has 0 bridgehead atoms. The molecule has 0 radical (unpaired) electrons. The van der Waals surface area contributed by atoms with Crippen molar-refractivity contribution in [3.63, 3.8) is 0 Å². The molecule has 0 aromatic heterocycles. The minimum absolute atomic E-state index is 0.0698. The van der Waals surface area contributed by atoms with Gasteiger partial charge in [-0.25, -0.2) is 0 Å². The van der Waals surface area contributed by atoms with Crippen LogP contribution in [0.4, 0.5) is 0 Å². The molecule has 140 valence electrons. The number of nitrogens with zero attached hydrogens (tertiary/aromatic N) is 1. The van der Waals surface area contributed by atoms with Crippen LogP contribution in [0.3, 0.4) is 0 Å². The van der Waals surface area contributed by atoms with Crippen LogP contribution in [0.25, 0.3) is 0 Å². The average Bonchev–Trinajstić information content (AvgIpc) is 2.69. The van der Waals surface area contributed by atoms with Gasteiger partial charge in [0.1, 0.15) is 5.60 Å².